The molecule has 0 N–H and O–H groups in total. The highest BCUT2D eigenvalue weighted by atomic mass is 32.1. The molecule has 2 heterocycles. The van der Waals surface area contributed by atoms with Gasteiger partial charge in [-0.05, 0) is 25.2 Å². The molecule has 0 aliphatic carbocycles. The van der Waals surface area contributed by atoms with Gasteiger partial charge in [-0.3, -0.25) is 9.97 Å². The van der Waals surface area contributed by atoms with Crippen LogP contribution in [0.2, 0.25) is 0 Å². The number of hydrogen-bond acceptors (Lipinski definition) is 4. The van der Waals surface area contributed by atoms with E-state index in [-0.39, 0.29) is 0 Å². The molecule has 2 aromatic heterocycles. The summed E-state index contributed by atoms with van der Waals surface area (Å²) in [6.07, 6.45) is 7.50. The van der Waals surface area contributed by atoms with Crippen LogP contribution in [0.1, 0.15) is 44.1 Å². The maximum absolute atomic E-state index is 4.26. The second-order valence-electron chi connectivity index (χ2n) is 5.71. The van der Waals surface area contributed by atoms with Gasteiger partial charge in [0.1, 0.15) is 0 Å². The van der Waals surface area contributed by atoms with Gasteiger partial charge in [0.25, 0.3) is 0 Å². The lowest BCUT2D eigenvalue weighted by atomic mass is 10.1. The Morgan fingerprint density at radius 1 is 0.900 bits per heavy atom. The second kappa shape index (κ2) is 8.80. The van der Waals surface area contributed by atoms with E-state index in [9.17, 15) is 0 Å². The smallest absolute Gasteiger partial charge is 0.0927 e. The Morgan fingerprint density at radius 2 is 1.55 bits per heavy atom. The van der Waals surface area contributed by atoms with E-state index >= 15 is 0 Å². The van der Waals surface area contributed by atoms with Crippen LogP contribution in [0.25, 0.3) is 0 Å². The molecule has 0 fully saturated rings. The van der Waals surface area contributed by atoms with Crippen molar-refractivity contribution < 1.29 is 0 Å². The van der Waals surface area contributed by atoms with Crippen LogP contribution in [0, 0.1) is 18.8 Å². The van der Waals surface area contributed by atoms with Crippen molar-refractivity contribution >= 4 is 11.3 Å². The van der Waals surface area contributed by atoms with Gasteiger partial charge in [-0.15, -0.1) is 11.3 Å². The molecule has 3 nitrogen and oxygen atoms in total. The van der Waals surface area contributed by atoms with E-state index in [0.717, 1.165) is 30.1 Å². The molecule has 0 saturated heterocycles. The third-order valence-corrected chi connectivity index (χ3v) is 3.45. The lowest BCUT2D eigenvalue weighted by Crippen LogP contribution is -2.00. The minimum Gasteiger partial charge on any atom is -0.258 e. The maximum Gasteiger partial charge on any atom is 0.0927 e. The predicted octanol–water partition coefficient (Wildman–Crippen LogP) is 4.33. The Labute approximate surface area is 126 Å². The summed E-state index contributed by atoms with van der Waals surface area (Å²) in [5.41, 5.74) is 2.18. The zero-order chi connectivity index (χ0) is 15.0. The monoisotopic (exact) mass is 291 g/mol. The zero-order valence-corrected chi connectivity index (χ0v) is 13.9. The summed E-state index contributed by atoms with van der Waals surface area (Å²) < 4.78 is 0. The average Bonchev–Trinajstić information content (AvgIpc) is 2.84. The summed E-state index contributed by atoms with van der Waals surface area (Å²) in [4.78, 5) is 12.6. The van der Waals surface area contributed by atoms with Crippen molar-refractivity contribution in [3.63, 3.8) is 0 Å². The molecule has 0 aliphatic rings. The normalized spacial score (nSPS) is 10.6. The van der Waals surface area contributed by atoms with E-state index in [1.807, 2.05) is 18.5 Å². The fourth-order valence-electron chi connectivity index (χ4n) is 1.73. The first kappa shape index (κ1) is 16.8. The van der Waals surface area contributed by atoms with E-state index < -0.39 is 0 Å². The van der Waals surface area contributed by atoms with Gasteiger partial charge in [-0.2, -0.15) is 0 Å². The number of nitrogens with zero attached hydrogens (tertiary/aromatic N) is 3. The van der Waals surface area contributed by atoms with Crippen LogP contribution < -0.4 is 0 Å². The number of rotatable bonds is 4. The molecule has 0 unspecified atom stereocenters. The second-order valence-corrected chi connectivity index (χ2v) is 6.69. The van der Waals surface area contributed by atoms with Crippen LogP contribution in [0.5, 0.6) is 0 Å². The summed E-state index contributed by atoms with van der Waals surface area (Å²) >= 11 is 1.74. The molecule has 0 atom stereocenters. The summed E-state index contributed by atoms with van der Waals surface area (Å²) in [5, 5.41) is 3.28. The van der Waals surface area contributed by atoms with Crippen molar-refractivity contribution in [2.45, 2.75) is 47.5 Å². The Bertz CT molecular complexity index is 478. The van der Waals surface area contributed by atoms with Gasteiger partial charge < -0.3 is 0 Å². The van der Waals surface area contributed by atoms with Crippen LogP contribution in [0.3, 0.4) is 0 Å². The Balaban J connectivity index is 0.000000204. The van der Waals surface area contributed by atoms with E-state index in [2.05, 4.69) is 42.6 Å². The maximum atomic E-state index is 4.26. The molecular weight excluding hydrogens is 266 g/mol. The predicted molar refractivity (Wildman–Crippen MR) is 86.0 cm³/mol. The van der Waals surface area contributed by atoms with Gasteiger partial charge in [0.15, 0.2) is 0 Å². The van der Waals surface area contributed by atoms with Crippen molar-refractivity contribution in [2.24, 2.45) is 11.8 Å². The SMILES string of the molecule is CC(C)Cc1nccs1.Cc1nccnc1CC(C)C. The first-order chi connectivity index (χ1) is 9.49. The summed E-state index contributed by atoms with van der Waals surface area (Å²) in [6.45, 7) is 10.8. The number of aromatic nitrogens is 3. The Kier molecular flexibility index (Phi) is 7.37. The van der Waals surface area contributed by atoms with Gasteiger partial charge in [-0.25, -0.2) is 4.98 Å². The van der Waals surface area contributed by atoms with Crippen molar-refractivity contribution in [3.05, 3.63) is 40.4 Å². The van der Waals surface area contributed by atoms with Gasteiger partial charge >= 0.3 is 0 Å². The van der Waals surface area contributed by atoms with Gasteiger partial charge in [-0.1, -0.05) is 27.7 Å². The van der Waals surface area contributed by atoms with Crippen molar-refractivity contribution in [2.75, 3.05) is 0 Å². The van der Waals surface area contributed by atoms with Gasteiger partial charge in [0.2, 0.25) is 0 Å². The highest BCUT2D eigenvalue weighted by molar-refractivity contribution is 7.09. The zero-order valence-electron chi connectivity index (χ0n) is 13.1. The Morgan fingerprint density at radius 3 is 2.05 bits per heavy atom. The lowest BCUT2D eigenvalue weighted by Gasteiger charge is -2.04. The molecule has 2 rings (SSSR count). The minimum atomic E-state index is 0.658. The van der Waals surface area contributed by atoms with Gasteiger partial charge in [0.05, 0.1) is 16.4 Å². The Hall–Kier alpha value is -1.29. The highest BCUT2D eigenvalue weighted by Crippen LogP contribution is 2.09. The highest BCUT2D eigenvalue weighted by Gasteiger charge is 2.01. The van der Waals surface area contributed by atoms with E-state index in [0.29, 0.717) is 5.92 Å². The third-order valence-electron chi connectivity index (χ3n) is 2.65. The van der Waals surface area contributed by atoms with Gasteiger partial charge in [0, 0.05) is 30.4 Å². The van der Waals surface area contributed by atoms with Crippen molar-refractivity contribution in [1.29, 1.82) is 0 Å². The van der Waals surface area contributed by atoms with Crippen molar-refractivity contribution in [1.82, 2.24) is 15.0 Å². The van der Waals surface area contributed by atoms with E-state index in [4.69, 9.17) is 0 Å². The summed E-state index contributed by atoms with van der Waals surface area (Å²) in [6, 6.07) is 0. The number of aryl methyl sites for hydroxylation is 1. The molecule has 0 saturated carbocycles. The molecule has 0 radical (unpaired) electrons. The molecule has 0 spiro atoms. The third kappa shape index (κ3) is 6.75. The molecule has 20 heavy (non-hydrogen) atoms. The first-order valence-corrected chi connectivity index (χ1v) is 8.01. The molecular formula is C16H25N3S. The number of hydrogen-bond donors (Lipinski definition) is 0. The number of thiazole rings is 1. The fraction of sp³-hybridized carbons (Fsp3) is 0.562. The quantitative estimate of drug-likeness (QED) is 0.842. The van der Waals surface area contributed by atoms with Crippen LogP contribution in [-0.4, -0.2) is 15.0 Å². The van der Waals surface area contributed by atoms with Crippen LogP contribution >= 0.6 is 11.3 Å². The van der Waals surface area contributed by atoms with Crippen LogP contribution in [-0.2, 0) is 12.8 Å². The largest absolute Gasteiger partial charge is 0.258 e. The average molecular weight is 291 g/mol. The first-order valence-electron chi connectivity index (χ1n) is 7.13. The minimum absolute atomic E-state index is 0.658. The van der Waals surface area contributed by atoms with Crippen LogP contribution in [0.15, 0.2) is 24.0 Å². The van der Waals surface area contributed by atoms with Crippen LogP contribution in [0.4, 0.5) is 0 Å². The molecule has 0 aliphatic heterocycles. The lowest BCUT2D eigenvalue weighted by molar-refractivity contribution is 0.629. The molecule has 0 amide bonds. The van der Waals surface area contributed by atoms with E-state index in [1.165, 1.54) is 5.01 Å². The van der Waals surface area contributed by atoms with E-state index in [1.54, 1.807) is 23.7 Å². The molecule has 4 heteroatoms. The molecule has 0 bridgehead atoms. The summed E-state index contributed by atoms with van der Waals surface area (Å²) in [7, 11) is 0. The fourth-order valence-corrected chi connectivity index (χ4v) is 2.56. The molecule has 2 aromatic rings. The summed E-state index contributed by atoms with van der Waals surface area (Å²) in [5.74, 6) is 1.39. The standard InChI is InChI=1S/C9H14N2.C7H11NS/c1-7(2)6-9-8(3)10-4-5-11-9;1-6(2)5-7-8-3-4-9-7/h4-5,7H,6H2,1-3H3;3-4,6H,5H2,1-2H3. The molecule has 0 aromatic carbocycles. The van der Waals surface area contributed by atoms with Crippen molar-refractivity contribution in [3.8, 4) is 0 Å². The topological polar surface area (TPSA) is 38.7 Å². The molecule has 110 valence electrons.